The summed E-state index contributed by atoms with van der Waals surface area (Å²) in [5, 5.41) is 1.06. The van der Waals surface area contributed by atoms with Crippen molar-refractivity contribution in [3.8, 4) is 0 Å². The summed E-state index contributed by atoms with van der Waals surface area (Å²) in [5.74, 6) is 0.00277. The molecule has 6 nitrogen and oxygen atoms in total. The molecule has 0 bridgehead atoms. The molecule has 0 spiro atoms. The van der Waals surface area contributed by atoms with Crippen molar-refractivity contribution >= 4 is 40.2 Å². The number of amides is 1. The molecule has 1 aliphatic heterocycles. The van der Waals surface area contributed by atoms with E-state index in [1.165, 1.54) is 11.8 Å². The van der Waals surface area contributed by atoms with E-state index in [0.717, 1.165) is 12.0 Å². The zero-order chi connectivity index (χ0) is 21.8. The van der Waals surface area contributed by atoms with E-state index in [9.17, 15) is 9.59 Å². The topological polar surface area (TPSA) is 64.4 Å². The molecule has 1 saturated heterocycles. The van der Waals surface area contributed by atoms with Crippen LogP contribution in [0.1, 0.15) is 24.2 Å². The molecule has 4 rings (SSSR count). The smallest absolute Gasteiger partial charge is 0.262 e. The van der Waals surface area contributed by atoms with Gasteiger partial charge in [-0.25, -0.2) is 4.98 Å². The van der Waals surface area contributed by atoms with Crippen molar-refractivity contribution in [2.45, 2.75) is 30.3 Å². The van der Waals surface area contributed by atoms with Crippen molar-refractivity contribution in [1.82, 2.24) is 14.5 Å². The van der Waals surface area contributed by atoms with Crippen molar-refractivity contribution in [3.05, 3.63) is 69.5 Å². The molecule has 0 radical (unpaired) electrons. The normalized spacial score (nSPS) is 15.2. The summed E-state index contributed by atoms with van der Waals surface area (Å²) < 4.78 is 7.08. The predicted octanol–water partition coefficient (Wildman–Crippen LogP) is 4.15. The van der Waals surface area contributed by atoms with Gasteiger partial charge in [0.05, 0.1) is 24.1 Å². The summed E-state index contributed by atoms with van der Waals surface area (Å²) in [6, 6.07) is 14.7. The SMILES string of the molecule is CCCn1c(SC(C(=O)N2CCOCC2)c2ccccc2)nc2cc(Cl)ccc2c1=O. The molecule has 1 aliphatic rings. The van der Waals surface area contributed by atoms with E-state index >= 15 is 0 Å². The highest BCUT2D eigenvalue weighted by atomic mass is 35.5. The fourth-order valence-corrected chi connectivity index (χ4v) is 5.00. The minimum atomic E-state index is -0.508. The summed E-state index contributed by atoms with van der Waals surface area (Å²) in [6.07, 6.45) is 0.779. The highest BCUT2D eigenvalue weighted by Crippen LogP contribution is 2.36. The Hall–Kier alpha value is -2.35. The molecule has 2 aromatic carbocycles. The summed E-state index contributed by atoms with van der Waals surface area (Å²) in [6.45, 7) is 4.73. The molecule has 2 heterocycles. The Morgan fingerprint density at radius 2 is 1.94 bits per heavy atom. The predicted molar refractivity (Wildman–Crippen MR) is 124 cm³/mol. The number of morpholine rings is 1. The molecule has 8 heteroatoms. The molecule has 0 saturated carbocycles. The first-order valence-electron chi connectivity index (χ1n) is 10.4. The molecule has 0 N–H and O–H groups in total. The largest absolute Gasteiger partial charge is 0.378 e. The van der Waals surface area contributed by atoms with Gasteiger partial charge in [-0.1, -0.05) is 60.6 Å². The van der Waals surface area contributed by atoms with E-state index in [1.807, 2.05) is 42.2 Å². The molecule has 1 atom stereocenters. The second kappa shape index (κ2) is 9.85. The molecular weight excluding hydrogens is 434 g/mol. The third kappa shape index (κ3) is 4.79. The van der Waals surface area contributed by atoms with Gasteiger partial charge in [0.2, 0.25) is 5.91 Å². The number of hydrogen-bond donors (Lipinski definition) is 0. The van der Waals surface area contributed by atoms with Crippen molar-refractivity contribution < 1.29 is 9.53 Å². The fourth-order valence-electron chi connectivity index (χ4n) is 3.63. The first-order valence-corrected chi connectivity index (χ1v) is 11.6. The first-order chi connectivity index (χ1) is 15.1. The standard InChI is InChI=1S/C23H24ClN3O3S/c1-2-10-27-21(28)18-9-8-17(24)15-19(18)25-23(27)31-20(16-6-4-3-5-7-16)22(29)26-11-13-30-14-12-26/h3-9,15,20H,2,10-14H2,1H3. The van der Waals surface area contributed by atoms with E-state index in [1.54, 1.807) is 22.8 Å². The van der Waals surface area contributed by atoms with Crippen molar-refractivity contribution in [2.24, 2.45) is 0 Å². The lowest BCUT2D eigenvalue weighted by molar-refractivity contribution is -0.134. The van der Waals surface area contributed by atoms with Crippen molar-refractivity contribution in [2.75, 3.05) is 26.3 Å². The van der Waals surface area contributed by atoms with Crippen LogP contribution in [0.15, 0.2) is 58.5 Å². The van der Waals surface area contributed by atoms with Gasteiger partial charge in [0, 0.05) is 24.7 Å². The minimum absolute atomic E-state index is 0.00277. The number of carbonyl (C=O) groups is 1. The Morgan fingerprint density at radius 3 is 2.65 bits per heavy atom. The third-order valence-electron chi connectivity index (χ3n) is 5.20. The fraction of sp³-hybridized carbons (Fsp3) is 0.348. The number of nitrogens with zero attached hydrogens (tertiary/aromatic N) is 3. The number of ether oxygens (including phenoxy) is 1. The number of aromatic nitrogens is 2. The molecular formula is C23H24ClN3O3S. The highest BCUT2D eigenvalue weighted by Gasteiger charge is 2.30. The number of rotatable bonds is 6. The van der Waals surface area contributed by atoms with Gasteiger partial charge in [-0.15, -0.1) is 0 Å². The lowest BCUT2D eigenvalue weighted by Crippen LogP contribution is -2.42. The van der Waals surface area contributed by atoms with Crippen molar-refractivity contribution in [1.29, 1.82) is 0 Å². The summed E-state index contributed by atoms with van der Waals surface area (Å²) in [7, 11) is 0. The van der Waals surface area contributed by atoms with Crippen LogP contribution in [-0.4, -0.2) is 46.7 Å². The molecule has 31 heavy (non-hydrogen) atoms. The van der Waals surface area contributed by atoms with Gasteiger partial charge in [-0.2, -0.15) is 0 Å². The zero-order valence-corrected chi connectivity index (χ0v) is 18.9. The number of benzene rings is 2. The van der Waals surface area contributed by atoms with Crippen LogP contribution in [0, 0.1) is 0 Å². The maximum Gasteiger partial charge on any atom is 0.262 e. The van der Waals surface area contributed by atoms with Gasteiger partial charge in [-0.3, -0.25) is 14.2 Å². The van der Waals surface area contributed by atoms with Gasteiger partial charge >= 0.3 is 0 Å². The van der Waals surface area contributed by atoms with E-state index in [4.69, 9.17) is 21.3 Å². The van der Waals surface area contributed by atoms with Gasteiger partial charge in [0.15, 0.2) is 5.16 Å². The number of hydrogen-bond acceptors (Lipinski definition) is 5. The van der Waals surface area contributed by atoms with E-state index in [0.29, 0.717) is 53.9 Å². The Morgan fingerprint density at radius 1 is 1.19 bits per heavy atom. The van der Waals surface area contributed by atoms with Crippen LogP contribution in [0.25, 0.3) is 10.9 Å². The molecule has 1 fully saturated rings. The van der Waals surface area contributed by atoms with Gasteiger partial charge < -0.3 is 9.64 Å². The number of fused-ring (bicyclic) bond motifs is 1. The molecule has 1 unspecified atom stereocenters. The second-order valence-electron chi connectivity index (χ2n) is 7.36. The van der Waals surface area contributed by atoms with Crippen LogP contribution >= 0.6 is 23.4 Å². The summed E-state index contributed by atoms with van der Waals surface area (Å²) in [4.78, 5) is 33.3. The summed E-state index contributed by atoms with van der Waals surface area (Å²) >= 11 is 7.47. The monoisotopic (exact) mass is 457 g/mol. The average molecular weight is 458 g/mol. The zero-order valence-electron chi connectivity index (χ0n) is 17.3. The van der Waals surface area contributed by atoms with Crippen LogP contribution in [0.2, 0.25) is 5.02 Å². The quantitative estimate of drug-likeness (QED) is 0.411. The lowest BCUT2D eigenvalue weighted by atomic mass is 10.1. The van der Waals surface area contributed by atoms with E-state index in [-0.39, 0.29) is 11.5 Å². The van der Waals surface area contributed by atoms with Crippen LogP contribution in [0.5, 0.6) is 0 Å². The molecule has 162 valence electrons. The highest BCUT2D eigenvalue weighted by molar-refractivity contribution is 8.00. The molecule has 1 amide bonds. The van der Waals surface area contributed by atoms with Gasteiger partial charge in [-0.05, 0) is 30.2 Å². The number of halogens is 1. The Balaban J connectivity index is 1.79. The molecule has 3 aromatic rings. The Kier molecular flexibility index (Phi) is 6.95. The maximum absolute atomic E-state index is 13.5. The van der Waals surface area contributed by atoms with Crippen LogP contribution in [0.4, 0.5) is 0 Å². The molecule has 0 aliphatic carbocycles. The maximum atomic E-state index is 13.5. The third-order valence-corrected chi connectivity index (χ3v) is 6.67. The minimum Gasteiger partial charge on any atom is -0.378 e. The van der Waals surface area contributed by atoms with Gasteiger partial charge in [0.25, 0.3) is 5.56 Å². The summed E-state index contributed by atoms with van der Waals surface area (Å²) in [5.41, 5.74) is 1.31. The lowest BCUT2D eigenvalue weighted by Gasteiger charge is -2.30. The van der Waals surface area contributed by atoms with Crippen LogP contribution in [-0.2, 0) is 16.1 Å². The first kappa shape index (κ1) is 21.9. The Labute approximate surface area is 190 Å². The number of carbonyl (C=O) groups excluding carboxylic acids is 1. The Bertz CT molecular complexity index is 1130. The average Bonchev–Trinajstić information content (AvgIpc) is 2.80. The van der Waals surface area contributed by atoms with Crippen LogP contribution < -0.4 is 5.56 Å². The molecule has 1 aromatic heterocycles. The van der Waals surface area contributed by atoms with Gasteiger partial charge in [0.1, 0.15) is 5.25 Å². The van der Waals surface area contributed by atoms with E-state index < -0.39 is 5.25 Å². The number of thioether (sulfide) groups is 1. The van der Waals surface area contributed by atoms with E-state index in [2.05, 4.69) is 0 Å². The second-order valence-corrected chi connectivity index (χ2v) is 8.87. The van der Waals surface area contributed by atoms with Crippen molar-refractivity contribution in [3.63, 3.8) is 0 Å². The van der Waals surface area contributed by atoms with Crippen LogP contribution in [0.3, 0.4) is 0 Å².